The number of rotatable bonds is 5. The van der Waals surface area contributed by atoms with E-state index in [1.54, 1.807) is 6.07 Å². The highest BCUT2D eigenvalue weighted by atomic mass is 19.1. The lowest BCUT2D eigenvalue weighted by Crippen LogP contribution is -2.20. The molecule has 0 aromatic heterocycles. The Hall–Kier alpha value is -2.13. The lowest BCUT2D eigenvalue weighted by atomic mass is 9.99. The Morgan fingerprint density at radius 2 is 2.22 bits per heavy atom. The Kier molecular flexibility index (Phi) is 5.08. The van der Waals surface area contributed by atoms with E-state index >= 15 is 0 Å². The van der Waals surface area contributed by atoms with Gasteiger partial charge in [-0.3, -0.25) is 0 Å². The Bertz CT molecular complexity index is 508. The molecule has 94 valence electrons. The van der Waals surface area contributed by atoms with Crippen LogP contribution in [0.15, 0.2) is 23.3 Å². The molecule has 0 saturated heterocycles. The number of aliphatic hydroxyl groups excluding tert-OH is 2. The summed E-state index contributed by atoms with van der Waals surface area (Å²) in [5.74, 6) is -0.852. The molecular formula is C11H11FN4O2. The molecule has 2 unspecified atom stereocenters. The second kappa shape index (κ2) is 6.57. The minimum atomic E-state index is -1.47. The van der Waals surface area contributed by atoms with Gasteiger partial charge in [0.1, 0.15) is 18.0 Å². The van der Waals surface area contributed by atoms with Crippen LogP contribution >= 0.6 is 0 Å². The zero-order chi connectivity index (χ0) is 13.5. The molecule has 0 bridgehead atoms. The minimum Gasteiger partial charge on any atom is -0.390 e. The summed E-state index contributed by atoms with van der Waals surface area (Å²) in [7, 11) is 0. The maximum atomic E-state index is 13.7. The summed E-state index contributed by atoms with van der Waals surface area (Å²) in [6, 6.07) is 5.63. The van der Waals surface area contributed by atoms with Crippen LogP contribution in [0, 0.1) is 17.1 Å². The molecule has 0 saturated carbocycles. The van der Waals surface area contributed by atoms with Gasteiger partial charge in [0.25, 0.3) is 0 Å². The zero-order valence-electron chi connectivity index (χ0n) is 9.36. The number of benzene rings is 1. The molecule has 0 heterocycles. The molecule has 0 amide bonds. The number of halogens is 1. The molecule has 0 aliphatic heterocycles. The maximum absolute atomic E-state index is 13.7. The van der Waals surface area contributed by atoms with Crippen LogP contribution in [0.25, 0.3) is 10.4 Å². The molecule has 2 N–H and O–H groups in total. The van der Waals surface area contributed by atoms with Gasteiger partial charge in [-0.2, -0.15) is 5.26 Å². The summed E-state index contributed by atoms with van der Waals surface area (Å²) in [6.07, 6.45) is -2.73. The van der Waals surface area contributed by atoms with Gasteiger partial charge in [0.2, 0.25) is 0 Å². The van der Waals surface area contributed by atoms with Gasteiger partial charge in [0.05, 0.1) is 11.7 Å². The van der Waals surface area contributed by atoms with Gasteiger partial charge in [-0.25, -0.2) is 4.39 Å². The standard InChI is InChI=1S/C11H11FN4O2/c12-10-7(6-13)2-1-3-8(10)11(18)9(17)4-5-15-16-14/h1-3,9,11,17-18H,4-5H2. The van der Waals surface area contributed by atoms with Gasteiger partial charge in [-0.05, 0) is 18.0 Å². The molecule has 1 aromatic rings. The Labute approximate surface area is 103 Å². The number of nitriles is 1. The van der Waals surface area contributed by atoms with Crippen molar-refractivity contribution in [1.29, 1.82) is 5.26 Å². The van der Waals surface area contributed by atoms with Crippen LogP contribution in [0.2, 0.25) is 0 Å². The van der Waals surface area contributed by atoms with Crippen molar-refractivity contribution in [1.82, 2.24) is 0 Å². The predicted molar refractivity (Wildman–Crippen MR) is 60.7 cm³/mol. The Balaban J connectivity index is 2.87. The van der Waals surface area contributed by atoms with Gasteiger partial charge < -0.3 is 10.2 Å². The Morgan fingerprint density at radius 1 is 1.50 bits per heavy atom. The zero-order valence-corrected chi connectivity index (χ0v) is 9.36. The number of nitrogens with zero attached hydrogens (tertiary/aromatic N) is 4. The van der Waals surface area contributed by atoms with Crippen LogP contribution in [-0.4, -0.2) is 22.9 Å². The van der Waals surface area contributed by atoms with Crippen LogP contribution < -0.4 is 0 Å². The highest BCUT2D eigenvalue weighted by Crippen LogP contribution is 2.23. The third-order valence-corrected chi connectivity index (χ3v) is 2.42. The van der Waals surface area contributed by atoms with Crippen molar-refractivity contribution in [3.05, 3.63) is 45.6 Å². The summed E-state index contributed by atoms with van der Waals surface area (Å²) in [6.45, 7) is -0.00567. The SMILES string of the molecule is N#Cc1cccc(C(O)C(O)CCN=[N+]=[N-])c1F. The van der Waals surface area contributed by atoms with Crippen molar-refractivity contribution < 1.29 is 14.6 Å². The monoisotopic (exact) mass is 250 g/mol. The van der Waals surface area contributed by atoms with E-state index in [4.69, 9.17) is 10.8 Å². The van der Waals surface area contributed by atoms with E-state index in [2.05, 4.69) is 10.0 Å². The highest BCUT2D eigenvalue weighted by Gasteiger charge is 2.22. The molecule has 6 nitrogen and oxygen atoms in total. The lowest BCUT2D eigenvalue weighted by Gasteiger charge is -2.18. The smallest absolute Gasteiger partial charge is 0.146 e. The van der Waals surface area contributed by atoms with Crippen LogP contribution in [0.5, 0.6) is 0 Å². The highest BCUT2D eigenvalue weighted by molar-refractivity contribution is 5.36. The predicted octanol–water partition coefficient (Wildman–Crippen LogP) is 1.79. The van der Waals surface area contributed by atoms with E-state index < -0.39 is 18.0 Å². The molecule has 0 fully saturated rings. The molecule has 0 aliphatic carbocycles. The average molecular weight is 250 g/mol. The molecule has 18 heavy (non-hydrogen) atoms. The van der Waals surface area contributed by atoms with E-state index in [1.807, 2.05) is 0 Å². The molecule has 0 radical (unpaired) electrons. The van der Waals surface area contributed by atoms with E-state index in [-0.39, 0.29) is 24.1 Å². The third-order valence-electron chi connectivity index (χ3n) is 2.42. The fourth-order valence-corrected chi connectivity index (χ4v) is 1.46. The summed E-state index contributed by atoms with van der Waals surface area (Å²) < 4.78 is 13.7. The van der Waals surface area contributed by atoms with E-state index in [0.29, 0.717) is 0 Å². The van der Waals surface area contributed by atoms with Crippen molar-refractivity contribution >= 4 is 0 Å². The first kappa shape index (κ1) is 13.9. The number of azide groups is 1. The Morgan fingerprint density at radius 3 is 2.83 bits per heavy atom. The minimum absolute atomic E-state index is 0.00144. The first-order valence-corrected chi connectivity index (χ1v) is 5.17. The normalized spacial score (nSPS) is 13.2. The average Bonchev–Trinajstić information content (AvgIpc) is 2.38. The third kappa shape index (κ3) is 3.18. The number of hydrogen-bond acceptors (Lipinski definition) is 4. The fraction of sp³-hybridized carbons (Fsp3) is 0.364. The van der Waals surface area contributed by atoms with Gasteiger partial charge in [0, 0.05) is 17.0 Å². The molecule has 2 atom stereocenters. The molecule has 1 aromatic carbocycles. The van der Waals surface area contributed by atoms with Crippen molar-refractivity contribution in [3.8, 4) is 6.07 Å². The molecule has 0 aliphatic rings. The van der Waals surface area contributed by atoms with Gasteiger partial charge in [-0.1, -0.05) is 17.2 Å². The summed E-state index contributed by atoms with van der Waals surface area (Å²) in [5.41, 5.74) is 7.71. The topological polar surface area (TPSA) is 113 Å². The van der Waals surface area contributed by atoms with Crippen molar-refractivity contribution in [2.75, 3.05) is 6.54 Å². The van der Waals surface area contributed by atoms with Gasteiger partial charge in [0.15, 0.2) is 0 Å². The van der Waals surface area contributed by atoms with Gasteiger partial charge in [-0.15, -0.1) is 0 Å². The first-order valence-electron chi connectivity index (χ1n) is 5.17. The van der Waals surface area contributed by atoms with Crippen molar-refractivity contribution in [2.24, 2.45) is 5.11 Å². The van der Waals surface area contributed by atoms with E-state index in [1.165, 1.54) is 18.2 Å². The number of hydrogen-bond donors (Lipinski definition) is 2. The van der Waals surface area contributed by atoms with Gasteiger partial charge >= 0.3 is 0 Å². The van der Waals surface area contributed by atoms with Crippen LogP contribution in [0.4, 0.5) is 4.39 Å². The van der Waals surface area contributed by atoms with Crippen LogP contribution in [-0.2, 0) is 0 Å². The maximum Gasteiger partial charge on any atom is 0.146 e. The summed E-state index contributed by atoms with van der Waals surface area (Å²) >= 11 is 0. The second-order valence-electron chi connectivity index (χ2n) is 3.58. The van der Waals surface area contributed by atoms with E-state index in [9.17, 15) is 14.6 Å². The van der Waals surface area contributed by atoms with Crippen molar-refractivity contribution in [3.63, 3.8) is 0 Å². The quantitative estimate of drug-likeness (QED) is 0.471. The van der Waals surface area contributed by atoms with Crippen LogP contribution in [0.3, 0.4) is 0 Å². The molecular weight excluding hydrogens is 239 g/mol. The first-order chi connectivity index (χ1) is 8.61. The van der Waals surface area contributed by atoms with Crippen LogP contribution in [0.1, 0.15) is 23.7 Å². The molecule has 0 spiro atoms. The number of aliphatic hydroxyl groups is 2. The lowest BCUT2D eigenvalue weighted by molar-refractivity contribution is 0.0130. The fourth-order valence-electron chi connectivity index (χ4n) is 1.46. The molecule has 1 rings (SSSR count). The largest absolute Gasteiger partial charge is 0.390 e. The van der Waals surface area contributed by atoms with E-state index in [0.717, 1.165) is 0 Å². The summed E-state index contributed by atoms with van der Waals surface area (Å²) in [4.78, 5) is 2.50. The summed E-state index contributed by atoms with van der Waals surface area (Å²) in [5, 5.41) is 31.2. The second-order valence-corrected chi connectivity index (χ2v) is 3.58. The van der Waals surface area contributed by atoms with Crippen molar-refractivity contribution in [2.45, 2.75) is 18.6 Å². The molecule has 7 heteroatoms.